The van der Waals surface area contributed by atoms with Gasteiger partial charge in [0.1, 0.15) is 11.5 Å². The van der Waals surface area contributed by atoms with Crippen molar-refractivity contribution < 1.29 is 33.5 Å². The number of nitrogens with zero attached hydrogens (tertiary/aromatic N) is 2. The zero-order chi connectivity index (χ0) is 39.8. The third kappa shape index (κ3) is 6.65. The van der Waals surface area contributed by atoms with Gasteiger partial charge in [0.2, 0.25) is 0 Å². The maximum Gasteiger partial charge on any atom is 0.266 e. The van der Waals surface area contributed by atoms with Crippen molar-refractivity contribution >= 4 is 58.2 Å². The number of carbonyl (C=O) groups is 6. The number of rotatable bonds is 8. The Morgan fingerprint density at radius 3 is 1.25 bits per heavy atom. The summed E-state index contributed by atoms with van der Waals surface area (Å²) >= 11 is 0. The van der Waals surface area contributed by atoms with Crippen molar-refractivity contribution in [2.75, 3.05) is 20.4 Å². The molecule has 6 amide bonds. The van der Waals surface area contributed by atoms with Gasteiger partial charge in [-0.3, -0.25) is 28.8 Å². The Labute approximate surface area is 325 Å². The molecule has 0 bridgehead atoms. The first kappa shape index (κ1) is 35.5. The van der Waals surface area contributed by atoms with E-state index in [0.717, 1.165) is 9.80 Å². The number of amides is 6. The molecular weight excluding hydrogens is 721 g/mol. The molecule has 0 atom stereocenters. The second kappa shape index (κ2) is 14.4. The predicted octanol–water partition coefficient (Wildman–Crippen LogP) is 7.55. The summed E-state index contributed by atoms with van der Waals surface area (Å²) in [7, 11) is 0. The van der Waals surface area contributed by atoms with Crippen molar-refractivity contribution in [1.82, 2.24) is 0 Å². The zero-order valence-corrected chi connectivity index (χ0v) is 29.6. The van der Waals surface area contributed by atoms with Crippen molar-refractivity contribution in [3.8, 4) is 36.2 Å². The summed E-state index contributed by atoms with van der Waals surface area (Å²) in [4.78, 5) is 80.9. The number of carbonyl (C=O) groups excluding carboxylic acids is 6. The lowest BCUT2D eigenvalue weighted by Gasteiger charge is -2.13. The summed E-state index contributed by atoms with van der Waals surface area (Å²) in [6, 6.07) is 35.0. The first-order chi connectivity index (χ1) is 27.6. The average molecular weight is 747 g/mol. The molecule has 0 aromatic heterocycles. The van der Waals surface area contributed by atoms with Gasteiger partial charge in [0.05, 0.1) is 33.6 Å². The van der Waals surface area contributed by atoms with Gasteiger partial charge in [-0.25, -0.2) is 9.80 Å². The van der Waals surface area contributed by atoms with E-state index in [4.69, 9.17) is 17.6 Å². The molecule has 0 saturated carbocycles. The van der Waals surface area contributed by atoms with E-state index in [1.807, 2.05) is 0 Å². The molecule has 8 rings (SSSR count). The average Bonchev–Trinajstić information content (AvgIpc) is 3.64. The minimum absolute atomic E-state index is 0.113. The second-order valence-electron chi connectivity index (χ2n) is 12.9. The highest BCUT2D eigenvalue weighted by molar-refractivity contribution is 6.35. The number of fused-ring (bicyclic) bond motifs is 2. The first-order valence-corrected chi connectivity index (χ1v) is 17.3. The number of imide groups is 2. The molecule has 0 aliphatic carbocycles. The Hall–Kier alpha value is -8.54. The van der Waals surface area contributed by atoms with Crippen LogP contribution in [0, 0.1) is 24.7 Å². The van der Waals surface area contributed by atoms with E-state index >= 15 is 0 Å². The lowest BCUT2D eigenvalue weighted by Crippen LogP contribution is -2.29. The number of benzene rings is 6. The van der Waals surface area contributed by atoms with E-state index in [1.54, 1.807) is 97.1 Å². The van der Waals surface area contributed by atoms with Gasteiger partial charge in [0.15, 0.2) is 0 Å². The molecule has 0 fully saturated rings. The fourth-order valence-electron chi connectivity index (χ4n) is 6.46. The van der Waals surface area contributed by atoms with Gasteiger partial charge < -0.3 is 15.4 Å². The summed E-state index contributed by atoms with van der Waals surface area (Å²) in [5, 5.41) is 5.57. The minimum atomic E-state index is -0.553. The van der Waals surface area contributed by atoms with Crippen LogP contribution in [0.2, 0.25) is 0 Å². The van der Waals surface area contributed by atoms with Gasteiger partial charge in [0.25, 0.3) is 35.4 Å². The van der Waals surface area contributed by atoms with Crippen LogP contribution in [0.5, 0.6) is 11.5 Å². The first-order valence-electron chi connectivity index (χ1n) is 17.3. The highest BCUT2D eigenvalue weighted by Gasteiger charge is 2.38. The topological polar surface area (TPSA) is 142 Å². The molecule has 2 N–H and O–H groups in total. The highest BCUT2D eigenvalue weighted by Crippen LogP contribution is 2.32. The van der Waals surface area contributed by atoms with Crippen molar-refractivity contribution in [3.63, 3.8) is 0 Å². The minimum Gasteiger partial charge on any atom is -0.457 e. The van der Waals surface area contributed by atoms with E-state index < -0.39 is 35.4 Å². The van der Waals surface area contributed by atoms with Gasteiger partial charge in [0, 0.05) is 33.6 Å². The Morgan fingerprint density at radius 2 is 0.860 bits per heavy atom. The maximum absolute atomic E-state index is 13.2. The van der Waals surface area contributed by atoms with Crippen LogP contribution in [0.25, 0.3) is 0 Å². The standard InChI is InChI=1S/C46H26N4O7/c1-3-27-7-5-9-33(23-27)49-43(53)37-21-11-29(25-39(37)45(49)55)41(51)47-31-13-17-35(18-14-31)57-36-19-15-32(16-20-36)48-42(52)30-12-22-38-40(26-30)46(56)50(44(38)54)34-10-6-8-28(4-2)24-34/h1-2,5-26H,(H,47,51)(H,48,52). The monoisotopic (exact) mass is 746 g/mol. The van der Waals surface area contributed by atoms with Crippen LogP contribution < -0.4 is 25.2 Å². The van der Waals surface area contributed by atoms with Gasteiger partial charge in [-0.2, -0.15) is 0 Å². The number of anilines is 4. The van der Waals surface area contributed by atoms with E-state index in [1.165, 1.54) is 36.4 Å². The molecule has 2 aliphatic rings. The third-order valence-electron chi connectivity index (χ3n) is 9.30. The lowest BCUT2D eigenvalue weighted by molar-refractivity contribution is 0.0910. The van der Waals surface area contributed by atoms with Crippen LogP contribution in [0.15, 0.2) is 133 Å². The molecule has 0 spiro atoms. The fourth-order valence-corrected chi connectivity index (χ4v) is 6.46. The summed E-state index contributed by atoms with van der Waals surface area (Å²) < 4.78 is 5.94. The zero-order valence-electron chi connectivity index (χ0n) is 29.6. The molecule has 272 valence electrons. The molecule has 6 aromatic carbocycles. The van der Waals surface area contributed by atoms with Gasteiger partial charge >= 0.3 is 0 Å². The normalized spacial score (nSPS) is 12.7. The summed E-state index contributed by atoms with van der Waals surface area (Å²) in [6.45, 7) is 0. The molecule has 0 radical (unpaired) electrons. The van der Waals surface area contributed by atoms with E-state index in [0.29, 0.717) is 45.4 Å². The molecule has 0 saturated heterocycles. The van der Waals surface area contributed by atoms with E-state index in [-0.39, 0.29) is 33.4 Å². The predicted molar refractivity (Wildman–Crippen MR) is 213 cm³/mol. The number of nitrogens with one attached hydrogen (secondary N) is 2. The van der Waals surface area contributed by atoms with Gasteiger partial charge in [-0.1, -0.05) is 24.0 Å². The van der Waals surface area contributed by atoms with Crippen molar-refractivity contribution in [3.05, 3.63) is 178 Å². The number of hydrogen-bond donors (Lipinski definition) is 2. The molecule has 11 nitrogen and oxygen atoms in total. The highest BCUT2D eigenvalue weighted by atomic mass is 16.5. The van der Waals surface area contributed by atoms with Crippen molar-refractivity contribution in [2.24, 2.45) is 0 Å². The SMILES string of the molecule is C#Cc1cccc(N2C(=O)c3ccc(C(=O)Nc4ccc(Oc5ccc(NC(=O)c6ccc7c(c6)C(=O)N(c6cccc(C#C)c6)C7=O)cc5)cc4)cc3C2=O)c1. The molecule has 57 heavy (non-hydrogen) atoms. The number of terminal acetylenes is 2. The molecule has 0 unspecified atom stereocenters. The van der Waals surface area contributed by atoms with E-state index in [9.17, 15) is 28.8 Å². The van der Waals surface area contributed by atoms with Crippen LogP contribution in [-0.4, -0.2) is 35.4 Å². The lowest BCUT2D eigenvalue weighted by atomic mass is 10.1. The molecule has 11 heteroatoms. The van der Waals surface area contributed by atoms with Crippen LogP contribution in [0.4, 0.5) is 22.7 Å². The van der Waals surface area contributed by atoms with Gasteiger partial charge in [-0.05, 0) is 121 Å². The number of ether oxygens (including phenoxy) is 1. The molecular formula is C46H26N4O7. The number of hydrogen-bond acceptors (Lipinski definition) is 7. The third-order valence-corrected chi connectivity index (χ3v) is 9.30. The Morgan fingerprint density at radius 1 is 0.474 bits per heavy atom. The van der Waals surface area contributed by atoms with Crippen LogP contribution in [0.3, 0.4) is 0 Å². The fraction of sp³-hybridized carbons (Fsp3) is 0. The molecule has 2 heterocycles. The van der Waals surface area contributed by atoms with Crippen molar-refractivity contribution in [1.29, 1.82) is 0 Å². The Bertz CT molecular complexity index is 2620. The van der Waals surface area contributed by atoms with E-state index in [2.05, 4.69) is 22.5 Å². The smallest absolute Gasteiger partial charge is 0.266 e. The summed E-state index contributed by atoms with van der Waals surface area (Å²) in [5.74, 6) is 2.84. The molecule has 2 aliphatic heterocycles. The summed E-state index contributed by atoms with van der Waals surface area (Å²) in [5.41, 5.74) is 3.63. The maximum atomic E-state index is 13.2. The van der Waals surface area contributed by atoms with Crippen LogP contribution in [-0.2, 0) is 0 Å². The van der Waals surface area contributed by atoms with Crippen molar-refractivity contribution in [2.45, 2.75) is 0 Å². The molecule has 6 aromatic rings. The quantitative estimate of drug-likeness (QED) is 0.121. The van der Waals surface area contributed by atoms with Crippen LogP contribution in [0.1, 0.15) is 73.3 Å². The Balaban J connectivity index is 0.875. The van der Waals surface area contributed by atoms with Gasteiger partial charge in [-0.15, -0.1) is 12.8 Å². The summed E-state index contributed by atoms with van der Waals surface area (Å²) in [6.07, 6.45) is 11.0. The second-order valence-corrected chi connectivity index (χ2v) is 12.9. The van der Waals surface area contributed by atoms with Crippen LogP contribution >= 0.6 is 0 Å². The Kier molecular flexibility index (Phi) is 8.94. The largest absolute Gasteiger partial charge is 0.457 e.